The first-order valence-corrected chi connectivity index (χ1v) is 8.78. The number of phenols is 2. The largest absolute Gasteiger partial charge is 0.504 e. The molecule has 0 unspecified atom stereocenters. The Morgan fingerprint density at radius 3 is 1.97 bits per heavy atom. The van der Waals surface area contributed by atoms with Crippen LogP contribution in [0.5, 0.6) is 23.0 Å². The van der Waals surface area contributed by atoms with Crippen LogP contribution in [0, 0.1) is 0 Å². The maximum absolute atomic E-state index is 12.0. The monoisotopic (exact) mass is 394 g/mol. The molecule has 0 saturated carbocycles. The lowest BCUT2D eigenvalue weighted by atomic mass is 10.1. The molecular formula is C23H22O6. The van der Waals surface area contributed by atoms with Gasteiger partial charge in [-0.1, -0.05) is 36.9 Å². The van der Waals surface area contributed by atoms with E-state index in [4.69, 9.17) is 9.47 Å². The Balaban J connectivity index is 1.96. The van der Waals surface area contributed by atoms with Gasteiger partial charge < -0.3 is 19.7 Å². The number of aromatic hydroxyl groups is 2. The van der Waals surface area contributed by atoms with E-state index in [0.717, 1.165) is 0 Å². The first-order chi connectivity index (χ1) is 13.9. The average Bonchev–Trinajstić information content (AvgIpc) is 2.71. The van der Waals surface area contributed by atoms with E-state index in [2.05, 4.69) is 6.58 Å². The zero-order valence-corrected chi connectivity index (χ0v) is 16.0. The quantitative estimate of drug-likeness (QED) is 0.360. The van der Waals surface area contributed by atoms with Gasteiger partial charge in [0.1, 0.15) is 6.61 Å². The van der Waals surface area contributed by atoms with E-state index in [1.807, 2.05) is 0 Å². The minimum Gasteiger partial charge on any atom is -0.504 e. The molecule has 0 aliphatic rings. The van der Waals surface area contributed by atoms with Crippen LogP contribution >= 0.6 is 0 Å². The molecule has 0 heterocycles. The Hall–Kier alpha value is -3.80. The molecule has 0 fully saturated rings. The van der Waals surface area contributed by atoms with Crippen molar-refractivity contribution in [2.45, 2.75) is 6.42 Å². The van der Waals surface area contributed by atoms with Crippen LogP contribution in [0.25, 0.3) is 12.2 Å². The molecule has 0 atom stereocenters. The minimum atomic E-state index is -0.357. The Morgan fingerprint density at radius 1 is 0.931 bits per heavy atom. The van der Waals surface area contributed by atoms with Crippen LogP contribution < -0.4 is 9.47 Å². The van der Waals surface area contributed by atoms with Gasteiger partial charge in [-0.15, -0.1) is 0 Å². The number of rotatable bonds is 10. The number of methoxy groups -OCH3 is 1. The highest BCUT2D eigenvalue weighted by atomic mass is 16.5. The Bertz CT molecular complexity index is 956. The van der Waals surface area contributed by atoms with Gasteiger partial charge in [-0.3, -0.25) is 9.59 Å². The molecule has 6 nitrogen and oxygen atoms in total. The molecule has 150 valence electrons. The van der Waals surface area contributed by atoms with Gasteiger partial charge in [-0.05, 0) is 47.5 Å². The molecule has 2 N–H and O–H groups in total. The molecule has 0 bridgehead atoms. The van der Waals surface area contributed by atoms with Gasteiger partial charge in [-0.25, -0.2) is 0 Å². The number of hydrogen-bond donors (Lipinski definition) is 2. The molecule has 2 rings (SSSR count). The third-order valence-electron chi connectivity index (χ3n) is 3.82. The number of hydrogen-bond acceptors (Lipinski definition) is 6. The van der Waals surface area contributed by atoms with Crippen LogP contribution in [-0.2, 0) is 9.59 Å². The minimum absolute atomic E-state index is 0.00331. The zero-order valence-electron chi connectivity index (χ0n) is 16.0. The van der Waals surface area contributed by atoms with E-state index in [9.17, 15) is 19.8 Å². The maximum atomic E-state index is 12.0. The lowest BCUT2D eigenvalue weighted by Crippen LogP contribution is -2.02. The zero-order chi connectivity index (χ0) is 21.2. The van der Waals surface area contributed by atoms with Crippen molar-refractivity contribution >= 4 is 23.7 Å². The predicted octanol–water partition coefficient (Wildman–Crippen LogP) is 3.93. The fraction of sp³-hybridized carbons (Fsp3) is 0.130. The van der Waals surface area contributed by atoms with Crippen molar-refractivity contribution in [3.8, 4) is 23.0 Å². The summed E-state index contributed by atoms with van der Waals surface area (Å²) in [6.45, 7) is 3.79. The van der Waals surface area contributed by atoms with Crippen LogP contribution in [0.1, 0.15) is 17.5 Å². The third-order valence-corrected chi connectivity index (χ3v) is 3.82. The summed E-state index contributed by atoms with van der Waals surface area (Å²) in [5.74, 6) is -0.145. The smallest absolute Gasteiger partial charge is 0.163 e. The van der Waals surface area contributed by atoms with E-state index in [0.29, 0.717) is 16.9 Å². The number of benzene rings is 2. The first kappa shape index (κ1) is 21.5. The molecule has 0 aliphatic heterocycles. The second-order valence-corrected chi connectivity index (χ2v) is 6.03. The van der Waals surface area contributed by atoms with Crippen LogP contribution in [0.15, 0.2) is 61.2 Å². The second kappa shape index (κ2) is 10.5. The van der Waals surface area contributed by atoms with Crippen molar-refractivity contribution in [3.05, 3.63) is 72.3 Å². The van der Waals surface area contributed by atoms with Gasteiger partial charge in [0.05, 0.1) is 13.5 Å². The van der Waals surface area contributed by atoms with Gasteiger partial charge in [0.25, 0.3) is 0 Å². The number of ketones is 2. The molecule has 0 saturated heterocycles. The fourth-order valence-electron chi connectivity index (χ4n) is 2.36. The Morgan fingerprint density at radius 2 is 1.45 bits per heavy atom. The summed E-state index contributed by atoms with van der Waals surface area (Å²) in [5, 5.41) is 19.3. The lowest BCUT2D eigenvalue weighted by molar-refractivity contribution is -0.121. The summed E-state index contributed by atoms with van der Waals surface area (Å²) in [6.07, 6.45) is 6.98. The van der Waals surface area contributed by atoms with Crippen molar-refractivity contribution in [3.63, 3.8) is 0 Å². The number of allylic oxidation sites excluding steroid dienone is 2. The highest BCUT2D eigenvalue weighted by Crippen LogP contribution is 2.28. The highest BCUT2D eigenvalue weighted by Gasteiger charge is 2.06. The average molecular weight is 394 g/mol. The summed E-state index contributed by atoms with van der Waals surface area (Å²) >= 11 is 0. The van der Waals surface area contributed by atoms with E-state index in [1.165, 1.54) is 31.4 Å². The summed E-state index contributed by atoms with van der Waals surface area (Å²) in [4.78, 5) is 24.0. The van der Waals surface area contributed by atoms with E-state index < -0.39 is 0 Å². The Kier molecular flexibility index (Phi) is 7.79. The van der Waals surface area contributed by atoms with Crippen LogP contribution in [0.3, 0.4) is 0 Å². The van der Waals surface area contributed by atoms with Crippen molar-refractivity contribution in [2.24, 2.45) is 0 Å². The second-order valence-electron chi connectivity index (χ2n) is 6.03. The summed E-state index contributed by atoms with van der Waals surface area (Å²) in [7, 11) is 1.43. The highest BCUT2D eigenvalue weighted by molar-refractivity contribution is 6.10. The molecule has 0 amide bonds. The molecule has 2 aromatic rings. The van der Waals surface area contributed by atoms with Crippen molar-refractivity contribution in [1.29, 1.82) is 0 Å². The van der Waals surface area contributed by atoms with Gasteiger partial charge in [-0.2, -0.15) is 0 Å². The molecule has 0 aromatic heterocycles. The molecule has 0 radical (unpaired) electrons. The number of carbonyl (C=O) groups excluding carboxylic acids is 2. The standard InChI is InChI=1S/C23H22O6/c1-3-12-29-23-14-17(7-11-21(23)27)5-9-19(25)15-18(24)8-4-16-6-10-20(26)22(13-16)28-2/h3-11,13-14,26-27H,1,12,15H2,2H3/b8-4+,9-5+. The van der Waals surface area contributed by atoms with E-state index in [-0.39, 0.29) is 41.8 Å². The number of carbonyl (C=O) groups is 2. The van der Waals surface area contributed by atoms with Crippen molar-refractivity contribution in [2.75, 3.05) is 13.7 Å². The molecule has 0 aliphatic carbocycles. The van der Waals surface area contributed by atoms with Crippen LogP contribution in [0.4, 0.5) is 0 Å². The number of ether oxygens (including phenoxy) is 2. The predicted molar refractivity (Wildman–Crippen MR) is 111 cm³/mol. The van der Waals surface area contributed by atoms with Gasteiger partial charge in [0.2, 0.25) is 0 Å². The maximum Gasteiger partial charge on any atom is 0.163 e. The molecular weight excluding hydrogens is 372 g/mol. The van der Waals surface area contributed by atoms with Crippen molar-refractivity contribution < 1.29 is 29.3 Å². The van der Waals surface area contributed by atoms with Gasteiger partial charge in [0.15, 0.2) is 34.6 Å². The van der Waals surface area contributed by atoms with Crippen LogP contribution in [0.2, 0.25) is 0 Å². The summed E-state index contributed by atoms with van der Waals surface area (Å²) < 4.78 is 10.3. The SMILES string of the molecule is C=CCOc1cc(/C=C/C(=O)CC(=O)/C=C/c2ccc(O)c(OC)c2)ccc1O. The summed E-state index contributed by atoms with van der Waals surface area (Å²) in [6, 6.07) is 9.34. The first-order valence-electron chi connectivity index (χ1n) is 8.78. The third kappa shape index (κ3) is 6.70. The lowest BCUT2D eigenvalue weighted by Gasteiger charge is -2.06. The summed E-state index contributed by atoms with van der Waals surface area (Å²) in [5.41, 5.74) is 1.31. The van der Waals surface area contributed by atoms with Crippen LogP contribution in [-0.4, -0.2) is 35.5 Å². The number of phenolic OH excluding ortho intramolecular Hbond substituents is 2. The molecule has 6 heteroatoms. The Labute approximate surface area is 169 Å². The topological polar surface area (TPSA) is 93.1 Å². The molecule has 2 aromatic carbocycles. The van der Waals surface area contributed by atoms with Crippen molar-refractivity contribution in [1.82, 2.24) is 0 Å². The molecule has 29 heavy (non-hydrogen) atoms. The van der Waals surface area contributed by atoms with E-state index >= 15 is 0 Å². The van der Waals surface area contributed by atoms with E-state index in [1.54, 1.807) is 42.5 Å². The molecule has 0 spiro atoms. The normalized spacial score (nSPS) is 10.9. The fourth-order valence-corrected chi connectivity index (χ4v) is 2.36. The van der Waals surface area contributed by atoms with Gasteiger partial charge in [0, 0.05) is 0 Å². The van der Waals surface area contributed by atoms with Gasteiger partial charge >= 0.3 is 0 Å².